The normalized spacial score (nSPS) is 11.6. The SMILES string of the molecule is OC(c1cccnc1)c1cccc2ccccc12.OCCc1ccc(Cl)cc1Cl. The van der Waals surface area contributed by atoms with Crippen LogP contribution in [0.25, 0.3) is 10.8 Å². The van der Waals surface area contributed by atoms with Gasteiger partial charge in [-0.05, 0) is 46.5 Å². The zero-order chi connectivity index (χ0) is 20.6. The van der Waals surface area contributed by atoms with Gasteiger partial charge in [-0.25, -0.2) is 0 Å². The molecule has 0 fully saturated rings. The summed E-state index contributed by atoms with van der Waals surface area (Å²) >= 11 is 11.5. The van der Waals surface area contributed by atoms with Crippen LogP contribution in [-0.4, -0.2) is 21.8 Å². The first kappa shape index (κ1) is 21.3. The fourth-order valence-electron chi connectivity index (χ4n) is 3.05. The number of pyridine rings is 1. The van der Waals surface area contributed by atoms with Gasteiger partial charge in [0.15, 0.2) is 0 Å². The van der Waals surface area contributed by atoms with E-state index in [9.17, 15) is 5.11 Å². The van der Waals surface area contributed by atoms with Crippen molar-refractivity contribution in [2.45, 2.75) is 12.5 Å². The quantitative estimate of drug-likeness (QED) is 0.431. The van der Waals surface area contributed by atoms with Crippen LogP contribution in [0.2, 0.25) is 10.0 Å². The standard InChI is InChI=1S/C16H13NO.C8H8Cl2O/c18-16(13-7-4-10-17-11-13)15-9-3-6-12-5-1-2-8-14(12)15;9-7-2-1-6(3-4-11)8(10)5-7/h1-11,16,18H;1-2,5,11H,3-4H2. The highest BCUT2D eigenvalue weighted by Gasteiger charge is 2.12. The van der Waals surface area contributed by atoms with E-state index in [1.807, 2.05) is 48.5 Å². The molecule has 0 aliphatic heterocycles. The summed E-state index contributed by atoms with van der Waals surface area (Å²) < 4.78 is 0. The van der Waals surface area contributed by atoms with Crippen LogP contribution in [0.15, 0.2) is 85.2 Å². The van der Waals surface area contributed by atoms with Crippen LogP contribution in [0, 0.1) is 0 Å². The van der Waals surface area contributed by atoms with Crippen LogP contribution >= 0.6 is 23.2 Å². The summed E-state index contributed by atoms with van der Waals surface area (Å²) in [5.74, 6) is 0. The molecule has 148 valence electrons. The molecule has 2 N–H and O–H groups in total. The number of hydrogen-bond donors (Lipinski definition) is 2. The van der Waals surface area contributed by atoms with Crippen molar-refractivity contribution in [1.82, 2.24) is 4.98 Å². The molecular formula is C24H21Cl2NO2. The van der Waals surface area contributed by atoms with Crippen molar-refractivity contribution in [2.75, 3.05) is 6.61 Å². The second-order valence-electron chi connectivity index (χ2n) is 6.47. The Kier molecular flexibility index (Phi) is 7.62. The summed E-state index contributed by atoms with van der Waals surface area (Å²) in [6, 6.07) is 23.0. The van der Waals surface area contributed by atoms with Gasteiger partial charge in [0, 0.05) is 34.6 Å². The van der Waals surface area contributed by atoms with Crippen LogP contribution in [0.1, 0.15) is 22.8 Å². The van der Waals surface area contributed by atoms with E-state index in [0.29, 0.717) is 16.5 Å². The Labute approximate surface area is 180 Å². The summed E-state index contributed by atoms with van der Waals surface area (Å²) in [4.78, 5) is 4.05. The minimum Gasteiger partial charge on any atom is -0.396 e. The Bertz CT molecular complexity index is 1070. The minimum absolute atomic E-state index is 0.112. The molecule has 1 heterocycles. The van der Waals surface area contributed by atoms with Gasteiger partial charge in [-0.2, -0.15) is 0 Å². The predicted octanol–water partition coefficient (Wildman–Crippen LogP) is 5.84. The Morgan fingerprint density at radius 1 is 0.897 bits per heavy atom. The van der Waals surface area contributed by atoms with Crippen molar-refractivity contribution in [3.63, 3.8) is 0 Å². The number of fused-ring (bicyclic) bond motifs is 1. The van der Waals surface area contributed by atoms with Gasteiger partial charge in [-0.1, -0.05) is 77.8 Å². The highest BCUT2D eigenvalue weighted by atomic mass is 35.5. The molecule has 0 saturated heterocycles. The number of halogens is 2. The van der Waals surface area contributed by atoms with E-state index in [4.69, 9.17) is 28.3 Å². The van der Waals surface area contributed by atoms with Crippen LogP contribution in [0.5, 0.6) is 0 Å². The number of hydrogen-bond acceptors (Lipinski definition) is 3. The van der Waals surface area contributed by atoms with Gasteiger partial charge in [0.2, 0.25) is 0 Å². The highest BCUT2D eigenvalue weighted by molar-refractivity contribution is 6.35. The summed E-state index contributed by atoms with van der Waals surface area (Å²) in [7, 11) is 0. The number of nitrogens with zero attached hydrogens (tertiary/aromatic N) is 1. The maximum absolute atomic E-state index is 10.4. The molecule has 0 aliphatic rings. The molecule has 3 aromatic carbocycles. The van der Waals surface area contributed by atoms with Gasteiger partial charge >= 0.3 is 0 Å². The Balaban J connectivity index is 0.000000188. The van der Waals surface area contributed by atoms with E-state index in [0.717, 1.165) is 27.5 Å². The summed E-state index contributed by atoms with van der Waals surface area (Å²) in [6.07, 6.45) is 3.35. The van der Waals surface area contributed by atoms with Crippen molar-refractivity contribution in [2.24, 2.45) is 0 Å². The van der Waals surface area contributed by atoms with Gasteiger partial charge < -0.3 is 10.2 Å². The lowest BCUT2D eigenvalue weighted by atomic mass is 9.97. The lowest BCUT2D eigenvalue weighted by molar-refractivity contribution is 0.221. The molecule has 1 aromatic heterocycles. The number of aliphatic hydroxyl groups excluding tert-OH is 2. The fourth-order valence-corrected chi connectivity index (χ4v) is 3.55. The van der Waals surface area contributed by atoms with Crippen molar-refractivity contribution in [3.05, 3.63) is 112 Å². The topological polar surface area (TPSA) is 53.4 Å². The molecule has 0 bridgehead atoms. The summed E-state index contributed by atoms with van der Waals surface area (Å²) in [5, 5.41) is 22.5. The Morgan fingerprint density at radius 2 is 1.69 bits per heavy atom. The van der Waals surface area contributed by atoms with E-state index in [1.54, 1.807) is 24.5 Å². The zero-order valence-corrected chi connectivity index (χ0v) is 17.2. The molecule has 0 spiro atoms. The van der Waals surface area contributed by atoms with Crippen LogP contribution in [-0.2, 0) is 6.42 Å². The van der Waals surface area contributed by atoms with Crippen molar-refractivity contribution in [1.29, 1.82) is 0 Å². The molecule has 29 heavy (non-hydrogen) atoms. The number of aromatic nitrogens is 1. The number of aliphatic hydroxyl groups is 2. The second kappa shape index (κ2) is 10.4. The molecule has 5 heteroatoms. The summed E-state index contributed by atoms with van der Waals surface area (Å²) in [6.45, 7) is 0.112. The van der Waals surface area contributed by atoms with E-state index in [1.165, 1.54) is 0 Å². The third-order valence-electron chi connectivity index (χ3n) is 4.51. The minimum atomic E-state index is -0.634. The molecule has 1 unspecified atom stereocenters. The Morgan fingerprint density at radius 3 is 2.41 bits per heavy atom. The average Bonchev–Trinajstić information content (AvgIpc) is 2.76. The zero-order valence-electron chi connectivity index (χ0n) is 15.7. The number of benzene rings is 3. The molecule has 4 aromatic rings. The van der Waals surface area contributed by atoms with Crippen LogP contribution in [0.3, 0.4) is 0 Å². The van der Waals surface area contributed by atoms with Gasteiger partial charge in [0.25, 0.3) is 0 Å². The monoisotopic (exact) mass is 425 g/mol. The molecule has 0 amide bonds. The van der Waals surface area contributed by atoms with Crippen molar-refractivity contribution >= 4 is 34.0 Å². The molecule has 3 nitrogen and oxygen atoms in total. The van der Waals surface area contributed by atoms with Gasteiger partial charge in [-0.15, -0.1) is 0 Å². The average molecular weight is 426 g/mol. The fraction of sp³-hybridized carbons (Fsp3) is 0.125. The van der Waals surface area contributed by atoms with E-state index >= 15 is 0 Å². The third-order valence-corrected chi connectivity index (χ3v) is 5.10. The molecular weight excluding hydrogens is 405 g/mol. The molecule has 0 saturated carbocycles. The van der Waals surface area contributed by atoms with Crippen LogP contribution < -0.4 is 0 Å². The van der Waals surface area contributed by atoms with E-state index in [-0.39, 0.29) is 6.61 Å². The third kappa shape index (κ3) is 5.55. The maximum atomic E-state index is 10.4. The molecule has 0 radical (unpaired) electrons. The predicted molar refractivity (Wildman–Crippen MR) is 119 cm³/mol. The Hall–Kier alpha value is -2.43. The second-order valence-corrected chi connectivity index (χ2v) is 7.31. The van der Waals surface area contributed by atoms with Gasteiger partial charge in [0.05, 0.1) is 0 Å². The van der Waals surface area contributed by atoms with E-state index < -0.39 is 6.10 Å². The smallest absolute Gasteiger partial charge is 0.106 e. The maximum Gasteiger partial charge on any atom is 0.106 e. The van der Waals surface area contributed by atoms with Crippen molar-refractivity contribution in [3.8, 4) is 0 Å². The van der Waals surface area contributed by atoms with Crippen molar-refractivity contribution < 1.29 is 10.2 Å². The van der Waals surface area contributed by atoms with Gasteiger partial charge in [-0.3, -0.25) is 4.98 Å². The first-order valence-corrected chi connectivity index (χ1v) is 9.96. The largest absolute Gasteiger partial charge is 0.396 e. The lowest BCUT2D eigenvalue weighted by Crippen LogP contribution is -2.00. The van der Waals surface area contributed by atoms with Gasteiger partial charge in [0.1, 0.15) is 6.10 Å². The first-order chi connectivity index (χ1) is 14.1. The summed E-state index contributed by atoms with van der Waals surface area (Å²) in [5.41, 5.74) is 2.66. The number of rotatable bonds is 4. The molecule has 4 rings (SSSR count). The molecule has 1 atom stereocenters. The van der Waals surface area contributed by atoms with E-state index in [2.05, 4.69) is 17.1 Å². The highest BCUT2D eigenvalue weighted by Crippen LogP contribution is 2.28. The first-order valence-electron chi connectivity index (χ1n) is 9.20. The van der Waals surface area contributed by atoms with Crippen LogP contribution in [0.4, 0.5) is 0 Å². The lowest BCUT2D eigenvalue weighted by Gasteiger charge is -2.13. The molecule has 0 aliphatic carbocycles.